The second-order valence-electron chi connectivity index (χ2n) is 6.25. The van der Waals surface area contributed by atoms with Crippen molar-refractivity contribution in [3.8, 4) is 0 Å². The van der Waals surface area contributed by atoms with Gasteiger partial charge in [-0.2, -0.15) is 0 Å². The van der Waals surface area contributed by atoms with Crippen molar-refractivity contribution in [2.75, 3.05) is 0 Å². The Bertz CT molecular complexity index is 455. The normalized spacial score (nSPS) is 27.2. The second-order valence-corrected chi connectivity index (χ2v) is 6.25. The van der Waals surface area contributed by atoms with Gasteiger partial charge in [0.25, 0.3) is 0 Å². The molecule has 108 valence electrons. The van der Waals surface area contributed by atoms with Gasteiger partial charge >= 0.3 is 0 Å². The predicted molar refractivity (Wildman–Crippen MR) is 78.1 cm³/mol. The standard InChI is InChI=1S/C17H23NO2/c19-16-8-4-7-14(16)17(20)18-15(13-9-10-13)11-12-5-2-1-3-6-12/h1-3,5-6,13-16,19H,4,7-11H2,(H,18,20). The summed E-state index contributed by atoms with van der Waals surface area (Å²) in [5.74, 6) is 0.493. The van der Waals surface area contributed by atoms with E-state index in [9.17, 15) is 9.90 Å². The van der Waals surface area contributed by atoms with E-state index in [-0.39, 0.29) is 17.9 Å². The van der Waals surface area contributed by atoms with Gasteiger partial charge in [-0.05, 0) is 50.0 Å². The van der Waals surface area contributed by atoms with E-state index in [0.29, 0.717) is 5.92 Å². The first-order valence-corrected chi connectivity index (χ1v) is 7.76. The number of benzene rings is 1. The number of carbonyl (C=O) groups excluding carboxylic acids is 1. The Balaban J connectivity index is 1.61. The SMILES string of the molecule is O=C(NC(Cc1ccccc1)C1CC1)C1CCCC1O. The van der Waals surface area contributed by atoms with Crippen LogP contribution in [0.3, 0.4) is 0 Å². The molecular formula is C17H23NO2. The van der Waals surface area contributed by atoms with Crippen LogP contribution in [0.5, 0.6) is 0 Å². The third-order valence-corrected chi connectivity index (χ3v) is 4.63. The van der Waals surface area contributed by atoms with Crippen LogP contribution in [0.25, 0.3) is 0 Å². The number of hydrogen-bond donors (Lipinski definition) is 2. The third-order valence-electron chi connectivity index (χ3n) is 4.63. The molecule has 3 heteroatoms. The Kier molecular flexibility index (Phi) is 4.06. The van der Waals surface area contributed by atoms with Crippen LogP contribution in [0.4, 0.5) is 0 Å². The maximum Gasteiger partial charge on any atom is 0.225 e. The molecule has 3 nitrogen and oxygen atoms in total. The summed E-state index contributed by atoms with van der Waals surface area (Å²) in [6, 6.07) is 10.6. The summed E-state index contributed by atoms with van der Waals surface area (Å²) in [4.78, 5) is 12.3. The Labute approximate surface area is 120 Å². The first-order valence-electron chi connectivity index (χ1n) is 7.76. The van der Waals surface area contributed by atoms with Crippen LogP contribution in [0.15, 0.2) is 30.3 Å². The Hall–Kier alpha value is -1.35. The zero-order valence-electron chi connectivity index (χ0n) is 11.8. The first kappa shape index (κ1) is 13.6. The molecule has 0 aliphatic heterocycles. The zero-order chi connectivity index (χ0) is 13.9. The molecule has 0 bridgehead atoms. The fraction of sp³-hybridized carbons (Fsp3) is 0.588. The van der Waals surface area contributed by atoms with Crippen LogP contribution in [0.2, 0.25) is 0 Å². The molecule has 2 fully saturated rings. The van der Waals surface area contributed by atoms with Crippen LogP contribution in [-0.4, -0.2) is 23.2 Å². The second kappa shape index (κ2) is 5.96. The minimum absolute atomic E-state index is 0.0582. The first-order chi connectivity index (χ1) is 9.74. The van der Waals surface area contributed by atoms with Crippen molar-refractivity contribution >= 4 is 5.91 Å². The molecule has 2 saturated carbocycles. The fourth-order valence-electron chi connectivity index (χ4n) is 3.24. The van der Waals surface area contributed by atoms with E-state index >= 15 is 0 Å². The quantitative estimate of drug-likeness (QED) is 0.864. The molecule has 0 heterocycles. The van der Waals surface area contributed by atoms with Gasteiger partial charge in [-0.1, -0.05) is 30.3 Å². The molecule has 0 spiro atoms. The average Bonchev–Trinajstić information content (AvgIpc) is 3.21. The minimum atomic E-state index is -0.438. The van der Waals surface area contributed by atoms with Gasteiger partial charge in [0.2, 0.25) is 5.91 Å². The smallest absolute Gasteiger partial charge is 0.225 e. The van der Waals surface area contributed by atoms with Crippen molar-refractivity contribution in [3.05, 3.63) is 35.9 Å². The number of nitrogens with one attached hydrogen (secondary N) is 1. The van der Waals surface area contributed by atoms with Crippen LogP contribution >= 0.6 is 0 Å². The van der Waals surface area contributed by atoms with Crippen LogP contribution in [0, 0.1) is 11.8 Å². The Morgan fingerprint density at radius 2 is 1.95 bits per heavy atom. The van der Waals surface area contributed by atoms with Crippen LogP contribution in [-0.2, 0) is 11.2 Å². The summed E-state index contributed by atoms with van der Waals surface area (Å²) in [5, 5.41) is 13.1. The number of amides is 1. The van der Waals surface area contributed by atoms with Crippen LogP contribution in [0.1, 0.15) is 37.7 Å². The molecule has 2 aliphatic carbocycles. The summed E-state index contributed by atoms with van der Waals surface area (Å²) < 4.78 is 0. The summed E-state index contributed by atoms with van der Waals surface area (Å²) in [6.07, 6.45) is 5.45. The van der Waals surface area contributed by atoms with E-state index in [1.54, 1.807) is 0 Å². The lowest BCUT2D eigenvalue weighted by molar-refractivity contribution is -0.128. The molecule has 0 radical (unpaired) electrons. The largest absolute Gasteiger partial charge is 0.392 e. The highest BCUT2D eigenvalue weighted by molar-refractivity contribution is 5.80. The van der Waals surface area contributed by atoms with Gasteiger partial charge in [-0.3, -0.25) is 4.79 Å². The monoisotopic (exact) mass is 273 g/mol. The molecule has 2 N–H and O–H groups in total. The lowest BCUT2D eigenvalue weighted by Crippen LogP contribution is -2.43. The molecule has 2 aliphatic rings. The van der Waals surface area contributed by atoms with Gasteiger partial charge < -0.3 is 10.4 Å². The molecule has 0 saturated heterocycles. The highest BCUT2D eigenvalue weighted by atomic mass is 16.3. The van der Waals surface area contributed by atoms with Gasteiger partial charge in [0.05, 0.1) is 12.0 Å². The summed E-state index contributed by atoms with van der Waals surface area (Å²) >= 11 is 0. The van der Waals surface area contributed by atoms with E-state index < -0.39 is 6.10 Å². The zero-order valence-corrected chi connectivity index (χ0v) is 11.8. The van der Waals surface area contributed by atoms with Crippen molar-refractivity contribution in [1.82, 2.24) is 5.32 Å². The molecule has 3 unspecified atom stereocenters. The fourth-order valence-corrected chi connectivity index (χ4v) is 3.24. The lowest BCUT2D eigenvalue weighted by Gasteiger charge is -2.22. The van der Waals surface area contributed by atoms with Crippen molar-refractivity contribution in [1.29, 1.82) is 0 Å². The van der Waals surface area contributed by atoms with E-state index in [1.165, 1.54) is 18.4 Å². The topological polar surface area (TPSA) is 49.3 Å². The third kappa shape index (κ3) is 3.21. The van der Waals surface area contributed by atoms with Crippen LogP contribution < -0.4 is 5.32 Å². The van der Waals surface area contributed by atoms with Crippen molar-refractivity contribution in [2.45, 2.75) is 50.7 Å². The number of aliphatic hydroxyl groups is 1. The maximum absolute atomic E-state index is 12.3. The predicted octanol–water partition coefficient (Wildman–Crippen LogP) is 2.28. The van der Waals surface area contributed by atoms with Gasteiger partial charge in [0.1, 0.15) is 0 Å². The lowest BCUT2D eigenvalue weighted by atomic mass is 9.99. The van der Waals surface area contributed by atoms with Gasteiger partial charge in [-0.15, -0.1) is 0 Å². The van der Waals surface area contributed by atoms with E-state index in [2.05, 4.69) is 17.4 Å². The van der Waals surface area contributed by atoms with E-state index in [0.717, 1.165) is 25.7 Å². The number of rotatable bonds is 5. The minimum Gasteiger partial charge on any atom is -0.392 e. The van der Waals surface area contributed by atoms with Crippen molar-refractivity contribution in [3.63, 3.8) is 0 Å². The average molecular weight is 273 g/mol. The highest BCUT2D eigenvalue weighted by Gasteiger charge is 2.36. The van der Waals surface area contributed by atoms with E-state index in [1.807, 2.05) is 18.2 Å². The highest BCUT2D eigenvalue weighted by Crippen LogP contribution is 2.35. The van der Waals surface area contributed by atoms with Crippen molar-refractivity contribution < 1.29 is 9.90 Å². The maximum atomic E-state index is 12.3. The van der Waals surface area contributed by atoms with E-state index in [4.69, 9.17) is 0 Å². The molecule has 0 aromatic heterocycles. The molecular weight excluding hydrogens is 250 g/mol. The molecule has 20 heavy (non-hydrogen) atoms. The summed E-state index contributed by atoms with van der Waals surface area (Å²) in [6.45, 7) is 0. The molecule has 3 rings (SSSR count). The summed E-state index contributed by atoms with van der Waals surface area (Å²) in [7, 11) is 0. The summed E-state index contributed by atoms with van der Waals surface area (Å²) in [5.41, 5.74) is 1.27. The number of carbonyl (C=O) groups is 1. The number of hydrogen-bond acceptors (Lipinski definition) is 2. The molecule has 1 aromatic rings. The molecule has 1 aromatic carbocycles. The molecule has 1 amide bonds. The molecule has 3 atom stereocenters. The van der Waals surface area contributed by atoms with Gasteiger partial charge in [-0.25, -0.2) is 0 Å². The van der Waals surface area contributed by atoms with Gasteiger partial charge in [0.15, 0.2) is 0 Å². The van der Waals surface area contributed by atoms with Crippen molar-refractivity contribution in [2.24, 2.45) is 11.8 Å². The Morgan fingerprint density at radius 3 is 2.55 bits per heavy atom. The number of aliphatic hydroxyl groups excluding tert-OH is 1. The Morgan fingerprint density at radius 1 is 1.20 bits per heavy atom. The van der Waals surface area contributed by atoms with Gasteiger partial charge in [0, 0.05) is 6.04 Å².